The van der Waals surface area contributed by atoms with Crippen LogP contribution in [0.3, 0.4) is 0 Å². The van der Waals surface area contributed by atoms with E-state index in [1.165, 1.54) is 0 Å². The zero-order chi connectivity index (χ0) is 12.0. The minimum Gasteiger partial charge on any atom is -0.481 e. The van der Waals surface area contributed by atoms with Crippen molar-refractivity contribution in [2.24, 2.45) is 5.92 Å². The van der Waals surface area contributed by atoms with E-state index in [0.29, 0.717) is 12.6 Å². The third-order valence-corrected chi connectivity index (χ3v) is 2.97. The molecule has 0 radical (unpaired) electrons. The lowest BCUT2D eigenvalue weighted by atomic mass is 10.1. The van der Waals surface area contributed by atoms with Crippen LogP contribution in [0.15, 0.2) is 0 Å². The van der Waals surface area contributed by atoms with E-state index in [4.69, 9.17) is 9.84 Å². The third kappa shape index (κ3) is 4.49. The number of hydrogen-bond acceptors (Lipinski definition) is 3. The first-order valence-corrected chi connectivity index (χ1v) is 6.20. The van der Waals surface area contributed by atoms with Gasteiger partial charge in [-0.15, -0.1) is 0 Å². The summed E-state index contributed by atoms with van der Waals surface area (Å²) < 4.78 is 5.72. The van der Waals surface area contributed by atoms with Crippen molar-refractivity contribution >= 4 is 5.97 Å². The maximum absolute atomic E-state index is 10.8. The van der Waals surface area contributed by atoms with Gasteiger partial charge in [-0.1, -0.05) is 13.8 Å². The lowest BCUT2D eigenvalue weighted by Gasteiger charge is -2.33. The Hall–Kier alpha value is -0.610. The minimum absolute atomic E-state index is 0.287. The average molecular weight is 229 g/mol. The van der Waals surface area contributed by atoms with Crippen LogP contribution in [-0.2, 0) is 9.53 Å². The number of aliphatic carboxylic acids is 1. The van der Waals surface area contributed by atoms with Gasteiger partial charge in [-0.3, -0.25) is 9.69 Å². The highest BCUT2D eigenvalue weighted by molar-refractivity contribution is 5.69. The number of ether oxygens (including phenoxy) is 1. The smallest absolute Gasteiger partial charge is 0.307 e. The van der Waals surface area contributed by atoms with Gasteiger partial charge in [0, 0.05) is 19.7 Å². The fourth-order valence-electron chi connectivity index (χ4n) is 2.06. The van der Waals surface area contributed by atoms with Gasteiger partial charge >= 0.3 is 5.97 Å². The van der Waals surface area contributed by atoms with Crippen molar-refractivity contribution < 1.29 is 14.6 Å². The second kappa shape index (κ2) is 6.86. The van der Waals surface area contributed by atoms with E-state index in [-0.39, 0.29) is 5.92 Å². The molecule has 0 aromatic carbocycles. The van der Waals surface area contributed by atoms with Crippen molar-refractivity contribution in [3.05, 3.63) is 0 Å². The van der Waals surface area contributed by atoms with Gasteiger partial charge < -0.3 is 9.84 Å². The number of likely N-dealkylation sites (tertiary alicyclic amines) is 1. The van der Waals surface area contributed by atoms with Crippen molar-refractivity contribution in [1.29, 1.82) is 0 Å². The van der Waals surface area contributed by atoms with E-state index in [1.54, 1.807) is 6.92 Å². The van der Waals surface area contributed by atoms with Gasteiger partial charge in [-0.2, -0.15) is 0 Å². The van der Waals surface area contributed by atoms with Gasteiger partial charge in [0.25, 0.3) is 0 Å². The van der Waals surface area contributed by atoms with Gasteiger partial charge in [-0.05, 0) is 25.8 Å². The molecule has 1 rings (SSSR count). The first-order valence-electron chi connectivity index (χ1n) is 6.20. The van der Waals surface area contributed by atoms with Crippen LogP contribution in [0.5, 0.6) is 0 Å². The van der Waals surface area contributed by atoms with E-state index in [1.807, 2.05) is 0 Å². The molecular weight excluding hydrogens is 206 g/mol. The molecule has 0 saturated carbocycles. The molecule has 1 aliphatic rings. The van der Waals surface area contributed by atoms with Crippen LogP contribution in [0.2, 0.25) is 0 Å². The zero-order valence-corrected chi connectivity index (χ0v) is 10.3. The summed E-state index contributed by atoms with van der Waals surface area (Å²) in [7, 11) is 0. The van der Waals surface area contributed by atoms with E-state index in [0.717, 1.165) is 39.0 Å². The standard InChI is InChI=1S/C12H23NO3/c1-3-7-16-11-5-4-6-13(9-11)8-10(2)12(14)15/h10-11H,3-9H2,1-2H3,(H,14,15). The quantitative estimate of drug-likeness (QED) is 0.751. The fourth-order valence-corrected chi connectivity index (χ4v) is 2.06. The highest BCUT2D eigenvalue weighted by Gasteiger charge is 2.23. The molecule has 1 heterocycles. The van der Waals surface area contributed by atoms with Crippen LogP contribution in [0, 0.1) is 5.92 Å². The van der Waals surface area contributed by atoms with Crippen molar-refractivity contribution in [3.63, 3.8) is 0 Å². The predicted molar refractivity (Wildman–Crippen MR) is 62.5 cm³/mol. The van der Waals surface area contributed by atoms with Gasteiger partial charge in [0.1, 0.15) is 0 Å². The summed E-state index contributed by atoms with van der Waals surface area (Å²) in [5.74, 6) is -0.999. The SMILES string of the molecule is CCCOC1CCCN(CC(C)C(=O)O)C1. The van der Waals surface area contributed by atoms with Crippen LogP contribution in [0.25, 0.3) is 0 Å². The predicted octanol–water partition coefficient (Wildman–Crippen LogP) is 1.60. The molecule has 0 aromatic heterocycles. The van der Waals surface area contributed by atoms with E-state index in [9.17, 15) is 4.79 Å². The summed E-state index contributed by atoms with van der Waals surface area (Å²) in [4.78, 5) is 13.0. The second-order valence-corrected chi connectivity index (χ2v) is 4.63. The van der Waals surface area contributed by atoms with E-state index in [2.05, 4.69) is 11.8 Å². The number of carboxylic acid groups (broad SMARTS) is 1. The van der Waals surface area contributed by atoms with Crippen LogP contribution >= 0.6 is 0 Å². The van der Waals surface area contributed by atoms with Crippen LogP contribution in [0.1, 0.15) is 33.1 Å². The van der Waals surface area contributed by atoms with Crippen LogP contribution in [0.4, 0.5) is 0 Å². The van der Waals surface area contributed by atoms with Gasteiger partial charge in [0.2, 0.25) is 0 Å². The topological polar surface area (TPSA) is 49.8 Å². The molecule has 0 aromatic rings. The van der Waals surface area contributed by atoms with Gasteiger partial charge in [-0.25, -0.2) is 0 Å². The van der Waals surface area contributed by atoms with Crippen molar-refractivity contribution in [3.8, 4) is 0 Å². The van der Waals surface area contributed by atoms with Crippen LogP contribution in [-0.4, -0.2) is 48.3 Å². The molecule has 0 bridgehead atoms. The third-order valence-electron chi connectivity index (χ3n) is 2.97. The molecule has 1 saturated heterocycles. The second-order valence-electron chi connectivity index (χ2n) is 4.63. The number of carbonyl (C=O) groups is 1. The van der Waals surface area contributed by atoms with E-state index < -0.39 is 5.97 Å². The van der Waals surface area contributed by atoms with Crippen molar-refractivity contribution in [2.75, 3.05) is 26.2 Å². The lowest BCUT2D eigenvalue weighted by Crippen LogP contribution is -2.42. The Morgan fingerprint density at radius 2 is 2.38 bits per heavy atom. The molecule has 2 unspecified atom stereocenters. The first-order chi connectivity index (χ1) is 7.63. The first kappa shape index (κ1) is 13.5. The summed E-state index contributed by atoms with van der Waals surface area (Å²) in [5, 5.41) is 8.86. The highest BCUT2D eigenvalue weighted by Crippen LogP contribution is 2.15. The molecule has 0 aliphatic carbocycles. The number of rotatable bonds is 6. The Bertz CT molecular complexity index is 220. The zero-order valence-electron chi connectivity index (χ0n) is 10.3. The summed E-state index contributed by atoms with van der Waals surface area (Å²) in [6.45, 7) is 7.21. The lowest BCUT2D eigenvalue weighted by molar-refractivity contribution is -0.142. The Balaban J connectivity index is 2.29. The molecule has 0 amide bonds. The maximum Gasteiger partial charge on any atom is 0.307 e. The number of carboxylic acids is 1. The van der Waals surface area contributed by atoms with E-state index >= 15 is 0 Å². The Morgan fingerprint density at radius 3 is 3.00 bits per heavy atom. The van der Waals surface area contributed by atoms with Crippen molar-refractivity contribution in [2.45, 2.75) is 39.2 Å². The molecule has 4 nitrogen and oxygen atoms in total. The Labute approximate surface area is 97.6 Å². The number of nitrogens with zero attached hydrogens (tertiary/aromatic N) is 1. The molecule has 2 atom stereocenters. The van der Waals surface area contributed by atoms with Crippen molar-refractivity contribution in [1.82, 2.24) is 4.90 Å². The minimum atomic E-state index is -0.711. The number of hydrogen-bond donors (Lipinski definition) is 1. The number of piperidine rings is 1. The maximum atomic E-state index is 10.8. The molecule has 0 spiro atoms. The summed E-state index contributed by atoms with van der Waals surface area (Å²) in [6.07, 6.45) is 3.57. The van der Waals surface area contributed by atoms with Gasteiger partial charge in [0.15, 0.2) is 0 Å². The fraction of sp³-hybridized carbons (Fsp3) is 0.917. The molecule has 1 fully saturated rings. The Kier molecular flexibility index (Phi) is 5.77. The summed E-state index contributed by atoms with van der Waals surface area (Å²) in [6, 6.07) is 0. The highest BCUT2D eigenvalue weighted by atomic mass is 16.5. The molecule has 1 N–H and O–H groups in total. The molecule has 94 valence electrons. The Morgan fingerprint density at radius 1 is 1.62 bits per heavy atom. The monoisotopic (exact) mass is 229 g/mol. The summed E-state index contributed by atoms with van der Waals surface area (Å²) >= 11 is 0. The summed E-state index contributed by atoms with van der Waals surface area (Å²) in [5.41, 5.74) is 0. The van der Waals surface area contributed by atoms with Crippen LogP contribution < -0.4 is 0 Å². The largest absolute Gasteiger partial charge is 0.481 e. The molecule has 1 aliphatic heterocycles. The normalized spacial score (nSPS) is 24.2. The van der Waals surface area contributed by atoms with Gasteiger partial charge in [0.05, 0.1) is 12.0 Å². The molecule has 4 heteroatoms. The average Bonchev–Trinajstić information content (AvgIpc) is 2.26. The molecule has 16 heavy (non-hydrogen) atoms. The molecular formula is C12H23NO3.